The van der Waals surface area contributed by atoms with Gasteiger partial charge in [-0.2, -0.15) is 0 Å². The second-order valence-electron chi connectivity index (χ2n) is 7.29. The number of hydrogen-bond donors (Lipinski definition) is 3. The van der Waals surface area contributed by atoms with E-state index in [1.807, 2.05) is 6.92 Å². The highest BCUT2D eigenvalue weighted by atomic mass is 16.3. The maximum atomic E-state index is 13.0. The SMILES string of the molecule is [C-]#[N+]c1ccc(O)c(C(=O)NC2=NCC(C)(C)CN2)c1-c1cnccc1C. The van der Waals surface area contributed by atoms with Gasteiger partial charge in [0.25, 0.3) is 5.91 Å². The second kappa shape index (κ2) is 7.08. The van der Waals surface area contributed by atoms with Crippen LogP contribution in [0.4, 0.5) is 5.69 Å². The molecule has 0 saturated heterocycles. The fraction of sp³-hybridized carbons (Fsp3) is 0.300. The molecule has 1 aliphatic heterocycles. The third-order valence-electron chi connectivity index (χ3n) is 4.45. The van der Waals surface area contributed by atoms with E-state index in [9.17, 15) is 9.90 Å². The molecule has 0 atom stereocenters. The Morgan fingerprint density at radius 3 is 2.78 bits per heavy atom. The van der Waals surface area contributed by atoms with Gasteiger partial charge >= 0.3 is 0 Å². The van der Waals surface area contributed by atoms with Gasteiger partial charge in [-0.1, -0.05) is 19.9 Å². The molecule has 0 radical (unpaired) electrons. The smallest absolute Gasteiger partial charge is 0.261 e. The molecule has 7 nitrogen and oxygen atoms in total. The van der Waals surface area contributed by atoms with Crippen molar-refractivity contribution < 1.29 is 9.90 Å². The van der Waals surface area contributed by atoms with E-state index in [1.54, 1.807) is 18.5 Å². The quantitative estimate of drug-likeness (QED) is 0.715. The van der Waals surface area contributed by atoms with Crippen molar-refractivity contribution in [3.63, 3.8) is 0 Å². The van der Waals surface area contributed by atoms with Crippen molar-refractivity contribution in [2.45, 2.75) is 20.8 Å². The number of pyridine rings is 1. The van der Waals surface area contributed by atoms with E-state index in [1.165, 1.54) is 12.1 Å². The van der Waals surface area contributed by atoms with Crippen LogP contribution in [0.25, 0.3) is 16.0 Å². The number of rotatable bonds is 2. The molecule has 27 heavy (non-hydrogen) atoms. The first-order valence-corrected chi connectivity index (χ1v) is 8.56. The van der Waals surface area contributed by atoms with Gasteiger partial charge in [0.2, 0.25) is 0 Å². The number of aryl methyl sites for hydroxylation is 1. The minimum Gasteiger partial charge on any atom is -0.507 e. The molecule has 0 saturated carbocycles. The molecule has 1 aliphatic rings. The number of carbonyl (C=O) groups is 1. The Kier molecular flexibility index (Phi) is 4.82. The predicted molar refractivity (Wildman–Crippen MR) is 104 cm³/mol. The summed E-state index contributed by atoms with van der Waals surface area (Å²) in [4.78, 5) is 24.9. The molecule has 1 aromatic carbocycles. The summed E-state index contributed by atoms with van der Waals surface area (Å²) in [5.74, 6) is -0.363. The van der Waals surface area contributed by atoms with Crippen molar-refractivity contribution in [3.8, 4) is 16.9 Å². The van der Waals surface area contributed by atoms with E-state index in [0.29, 0.717) is 30.2 Å². The van der Waals surface area contributed by atoms with E-state index in [0.717, 1.165) is 5.56 Å². The highest BCUT2D eigenvalue weighted by molar-refractivity contribution is 6.12. The van der Waals surface area contributed by atoms with E-state index in [4.69, 9.17) is 6.57 Å². The summed E-state index contributed by atoms with van der Waals surface area (Å²) < 4.78 is 0. The first-order chi connectivity index (χ1) is 12.8. The Morgan fingerprint density at radius 2 is 2.15 bits per heavy atom. The van der Waals surface area contributed by atoms with Gasteiger partial charge < -0.3 is 10.4 Å². The molecule has 7 heteroatoms. The van der Waals surface area contributed by atoms with Crippen molar-refractivity contribution in [3.05, 3.63) is 53.1 Å². The van der Waals surface area contributed by atoms with Gasteiger partial charge in [0.15, 0.2) is 11.6 Å². The van der Waals surface area contributed by atoms with E-state index in [2.05, 4.69) is 39.3 Å². The molecular formula is C20H21N5O2. The number of phenolic OH excluding ortho intramolecular Hbond substituents is 1. The topological polar surface area (TPSA) is 91.0 Å². The Morgan fingerprint density at radius 1 is 1.37 bits per heavy atom. The van der Waals surface area contributed by atoms with Gasteiger partial charge in [-0.15, -0.1) is 0 Å². The van der Waals surface area contributed by atoms with Crippen molar-refractivity contribution in [1.82, 2.24) is 15.6 Å². The lowest BCUT2D eigenvalue weighted by molar-refractivity contribution is 0.0973. The number of nitrogens with zero attached hydrogens (tertiary/aromatic N) is 3. The normalized spacial score (nSPS) is 15.3. The standard InChI is InChI=1S/C20H21N5O2/c1-12-7-8-22-9-13(12)16-14(21-4)5-6-15(26)17(16)18(27)25-19-23-10-20(2,3)11-24-19/h5-9,26H,10-11H2,1-3H3,(H2,23,24,25,27). The van der Waals surface area contributed by atoms with Crippen LogP contribution in [-0.2, 0) is 0 Å². The van der Waals surface area contributed by atoms with Crippen LogP contribution in [0.15, 0.2) is 35.6 Å². The zero-order valence-electron chi connectivity index (χ0n) is 15.5. The largest absolute Gasteiger partial charge is 0.507 e. The summed E-state index contributed by atoms with van der Waals surface area (Å²) in [5, 5.41) is 16.2. The molecule has 1 aromatic heterocycles. The van der Waals surface area contributed by atoms with Gasteiger partial charge in [0.1, 0.15) is 5.75 Å². The Labute approximate surface area is 158 Å². The predicted octanol–water partition coefficient (Wildman–Crippen LogP) is 3.03. The summed E-state index contributed by atoms with van der Waals surface area (Å²) in [7, 11) is 0. The lowest BCUT2D eigenvalue weighted by Gasteiger charge is -2.29. The van der Waals surface area contributed by atoms with Crippen molar-refractivity contribution in [1.29, 1.82) is 0 Å². The molecule has 3 rings (SSSR count). The van der Waals surface area contributed by atoms with Crippen molar-refractivity contribution in [2.75, 3.05) is 13.1 Å². The summed E-state index contributed by atoms with van der Waals surface area (Å²) in [6, 6.07) is 4.65. The van der Waals surface area contributed by atoms with Crippen molar-refractivity contribution >= 4 is 17.6 Å². The molecule has 2 aromatic rings. The van der Waals surface area contributed by atoms with Gasteiger partial charge in [-0.3, -0.25) is 20.1 Å². The third-order valence-corrected chi connectivity index (χ3v) is 4.45. The Balaban J connectivity index is 2.05. The molecular weight excluding hydrogens is 342 g/mol. The van der Waals surface area contributed by atoms with Crippen molar-refractivity contribution in [2.24, 2.45) is 10.4 Å². The van der Waals surface area contributed by atoms with Crippen LogP contribution >= 0.6 is 0 Å². The number of carbonyl (C=O) groups excluding carboxylic acids is 1. The molecule has 2 heterocycles. The number of nitrogens with one attached hydrogen (secondary N) is 2. The van der Waals surface area contributed by atoms with Gasteiger partial charge in [0.05, 0.1) is 12.1 Å². The highest BCUT2D eigenvalue weighted by Gasteiger charge is 2.26. The molecule has 0 unspecified atom stereocenters. The third kappa shape index (κ3) is 3.75. The van der Waals surface area contributed by atoms with Crippen LogP contribution in [0.3, 0.4) is 0 Å². The van der Waals surface area contributed by atoms with Gasteiger partial charge in [0, 0.05) is 36.5 Å². The minimum atomic E-state index is -0.526. The van der Waals surface area contributed by atoms with Crippen LogP contribution in [-0.4, -0.2) is 35.0 Å². The van der Waals surface area contributed by atoms with Crippen LogP contribution in [0.2, 0.25) is 0 Å². The molecule has 0 aliphatic carbocycles. The van der Waals surface area contributed by atoms with Crippen LogP contribution < -0.4 is 10.6 Å². The summed E-state index contributed by atoms with van der Waals surface area (Å²) in [5.41, 5.74) is 2.17. The number of aromatic hydroxyl groups is 1. The average molecular weight is 363 g/mol. The summed E-state index contributed by atoms with van der Waals surface area (Å²) >= 11 is 0. The molecule has 1 amide bonds. The van der Waals surface area contributed by atoms with E-state index in [-0.39, 0.29) is 22.4 Å². The maximum Gasteiger partial charge on any atom is 0.261 e. The first kappa shape index (κ1) is 18.4. The highest BCUT2D eigenvalue weighted by Crippen LogP contribution is 2.39. The summed E-state index contributed by atoms with van der Waals surface area (Å²) in [6.45, 7) is 14.7. The van der Waals surface area contributed by atoms with E-state index < -0.39 is 5.91 Å². The number of aliphatic imine (C=N–C) groups is 1. The second-order valence-corrected chi connectivity index (χ2v) is 7.29. The maximum absolute atomic E-state index is 13.0. The number of hydrogen-bond acceptors (Lipinski definition) is 5. The minimum absolute atomic E-state index is 0.0123. The number of aromatic nitrogens is 1. The lowest BCUT2D eigenvalue weighted by Crippen LogP contribution is -2.49. The summed E-state index contributed by atoms with van der Waals surface area (Å²) in [6.07, 6.45) is 3.23. The number of benzene rings is 1. The number of phenols is 1. The Hall–Kier alpha value is -3.40. The van der Waals surface area contributed by atoms with Crippen LogP contribution in [0, 0.1) is 18.9 Å². The molecule has 0 bridgehead atoms. The fourth-order valence-electron chi connectivity index (χ4n) is 2.88. The molecule has 0 spiro atoms. The fourth-order valence-corrected chi connectivity index (χ4v) is 2.88. The van der Waals surface area contributed by atoms with Gasteiger partial charge in [-0.05, 0) is 30.2 Å². The van der Waals surface area contributed by atoms with Crippen LogP contribution in [0.5, 0.6) is 5.75 Å². The molecule has 3 N–H and O–H groups in total. The van der Waals surface area contributed by atoms with Crippen LogP contribution in [0.1, 0.15) is 29.8 Å². The number of guanidine groups is 1. The number of amides is 1. The monoisotopic (exact) mass is 363 g/mol. The zero-order chi connectivity index (χ0) is 19.6. The van der Waals surface area contributed by atoms with E-state index >= 15 is 0 Å². The van der Waals surface area contributed by atoms with Gasteiger partial charge in [-0.25, -0.2) is 4.85 Å². The Bertz CT molecular complexity index is 973. The first-order valence-electron chi connectivity index (χ1n) is 8.56. The average Bonchev–Trinajstić information content (AvgIpc) is 2.63. The molecule has 0 fully saturated rings. The lowest BCUT2D eigenvalue weighted by atomic mass is 9.93. The molecule has 138 valence electrons. The zero-order valence-corrected chi connectivity index (χ0v) is 15.5.